The first-order valence-corrected chi connectivity index (χ1v) is 5.18. The van der Waals surface area contributed by atoms with Gasteiger partial charge < -0.3 is 25.7 Å². The molecule has 0 aromatic heterocycles. The summed E-state index contributed by atoms with van der Waals surface area (Å²) in [6.45, 7) is 1.20. The number of aromatic hydroxyl groups is 3. The smallest absolute Gasteiger partial charge is 0.200 e. The Hall–Kier alpha value is -1.46. The van der Waals surface area contributed by atoms with E-state index in [2.05, 4.69) is 5.32 Å². The monoisotopic (exact) mass is 225 g/mol. The molecule has 0 spiro atoms. The van der Waals surface area contributed by atoms with Crippen molar-refractivity contribution < 1.29 is 20.4 Å². The summed E-state index contributed by atoms with van der Waals surface area (Å²) in [7, 11) is 0. The van der Waals surface area contributed by atoms with Gasteiger partial charge in [-0.15, -0.1) is 0 Å². The van der Waals surface area contributed by atoms with Crippen LogP contribution in [0.25, 0.3) is 0 Å². The van der Waals surface area contributed by atoms with Crippen molar-refractivity contribution in [2.24, 2.45) is 0 Å². The number of phenols is 3. The SMILES string of the molecule is Oc1ccc(CC2(O)CCNC2)c(O)c1O. The maximum absolute atomic E-state index is 10.1. The Kier molecular flexibility index (Phi) is 2.65. The first-order chi connectivity index (χ1) is 7.52. The van der Waals surface area contributed by atoms with E-state index in [9.17, 15) is 15.3 Å². The molecule has 1 aromatic carbocycles. The van der Waals surface area contributed by atoms with E-state index in [-0.39, 0.29) is 17.9 Å². The van der Waals surface area contributed by atoms with Crippen LogP contribution in [-0.2, 0) is 6.42 Å². The molecular weight excluding hydrogens is 210 g/mol. The van der Waals surface area contributed by atoms with Gasteiger partial charge in [-0.3, -0.25) is 0 Å². The van der Waals surface area contributed by atoms with E-state index in [0.717, 1.165) is 6.54 Å². The second-order valence-corrected chi connectivity index (χ2v) is 4.27. The van der Waals surface area contributed by atoms with Crippen LogP contribution in [0.3, 0.4) is 0 Å². The maximum atomic E-state index is 10.1. The van der Waals surface area contributed by atoms with Gasteiger partial charge in [0.25, 0.3) is 0 Å². The first kappa shape index (κ1) is 11.0. The third kappa shape index (κ3) is 1.91. The molecule has 1 aliphatic heterocycles. The highest BCUT2D eigenvalue weighted by atomic mass is 16.3. The average Bonchev–Trinajstić information content (AvgIpc) is 2.67. The Bertz CT molecular complexity index is 399. The molecule has 1 heterocycles. The van der Waals surface area contributed by atoms with Crippen molar-refractivity contribution in [3.63, 3.8) is 0 Å². The Morgan fingerprint density at radius 2 is 1.94 bits per heavy atom. The highest BCUT2D eigenvalue weighted by Gasteiger charge is 2.32. The molecule has 16 heavy (non-hydrogen) atoms. The molecule has 1 aliphatic rings. The molecule has 1 fully saturated rings. The molecule has 5 nitrogen and oxygen atoms in total. The van der Waals surface area contributed by atoms with Crippen LogP contribution < -0.4 is 5.32 Å². The molecule has 1 unspecified atom stereocenters. The molecule has 1 saturated heterocycles. The molecule has 0 bridgehead atoms. The van der Waals surface area contributed by atoms with E-state index < -0.39 is 11.4 Å². The van der Waals surface area contributed by atoms with Crippen LogP contribution in [0.5, 0.6) is 17.2 Å². The molecule has 5 N–H and O–H groups in total. The molecular formula is C11H15NO4. The molecule has 88 valence electrons. The Morgan fingerprint density at radius 1 is 1.19 bits per heavy atom. The van der Waals surface area contributed by atoms with Crippen molar-refractivity contribution in [3.8, 4) is 17.2 Å². The van der Waals surface area contributed by atoms with Crippen LogP contribution in [0, 0.1) is 0 Å². The molecule has 1 aromatic rings. The van der Waals surface area contributed by atoms with E-state index in [1.54, 1.807) is 0 Å². The summed E-state index contributed by atoms with van der Waals surface area (Å²) in [6, 6.07) is 2.80. The number of β-amino-alcohol motifs (C(OH)–C–C–N with tert-alkyl or cyclic N) is 1. The predicted octanol–water partition coefficient (Wildman–Crippen LogP) is 0.0703. The minimum atomic E-state index is -0.888. The Labute approximate surface area is 93.0 Å². The maximum Gasteiger partial charge on any atom is 0.200 e. The lowest BCUT2D eigenvalue weighted by atomic mass is 9.93. The predicted molar refractivity (Wildman–Crippen MR) is 57.6 cm³/mol. The van der Waals surface area contributed by atoms with Crippen LogP contribution in [0.15, 0.2) is 12.1 Å². The molecule has 5 heteroatoms. The van der Waals surface area contributed by atoms with Gasteiger partial charge in [-0.25, -0.2) is 0 Å². The zero-order valence-corrected chi connectivity index (χ0v) is 8.77. The Balaban J connectivity index is 2.25. The van der Waals surface area contributed by atoms with Crippen molar-refractivity contribution in [1.82, 2.24) is 5.32 Å². The third-order valence-electron chi connectivity index (χ3n) is 2.95. The van der Waals surface area contributed by atoms with Crippen molar-refractivity contribution >= 4 is 0 Å². The van der Waals surface area contributed by atoms with Crippen LogP contribution in [-0.4, -0.2) is 39.1 Å². The van der Waals surface area contributed by atoms with Gasteiger partial charge in [-0.1, -0.05) is 6.07 Å². The lowest BCUT2D eigenvalue weighted by molar-refractivity contribution is 0.0611. The van der Waals surface area contributed by atoms with E-state index in [1.165, 1.54) is 12.1 Å². The van der Waals surface area contributed by atoms with Gasteiger partial charge in [0, 0.05) is 18.5 Å². The van der Waals surface area contributed by atoms with Crippen molar-refractivity contribution in [3.05, 3.63) is 17.7 Å². The zero-order chi connectivity index (χ0) is 11.8. The van der Waals surface area contributed by atoms with Crippen molar-refractivity contribution in [1.29, 1.82) is 0 Å². The van der Waals surface area contributed by atoms with Gasteiger partial charge in [0.15, 0.2) is 11.5 Å². The van der Waals surface area contributed by atoms with Crippen LogP contribution in [0.4, 0.5) is 0 Å². The lowest BCUT2D eigenvalue weighted by Gasteiger charge is -2.21. The van der Waals surface area contributed by atoms with Crippen molar-refractivity contribution in [2.75, 3.05) is 13.1 Å². The summed E-state index contributed by atoms with van der Waals surface area (Å²) in [5, 5.41) is 41.3. The van der Waals surface area contributed by atoms with E-state index >= 15 is 0 Å². The standard InChI is InChI=1S/C11H15NO4/c13-8-2-1-7(9(14)10(8)15)5-11(16)3-4-12-6-11/h1-2,12-16H,3-6H2. The number of aliphatic hydroxyl groups is 1. The first-order valence-electron chi connectivity index (χ1n) is 5.18. The summed E-state index contributed by atoms with van der Waals surface area (Å²) in [5.41, 5.74) is -0.456. The minimum Gasteiger partial charge on any atom is -0.504 e. The highest BCUT2D eigenvalue weighted by Crippen LogP contribution is 2.38. The number of rotatable bonds is 2. The number of phenolic OH excluding ortho intramolecular Hbond substituents is 3. The van der Waals surface area contributed by atoms with Gasteiger partial charge in [0.1, 0.15) is 0 Å². The van der Waals surface area contributed by atoms with Gasteiger partial charge in [-0.2, -0.15) is 0 Å². The van der Waals surface area contributed by atoms with Crippen LogP contribution in [0.2, 0.25) is 0 Å². The van der Waals surface area contributed by atoms with Crippen molar-refractivity contribution in [2.45, 2.75) is 18.4 Å². The minimum absolute atomic E-state index is 0.250. The third-order valence-corrected chi connectivity index (χ3v) is 2.95. The summed E-state index contributed by atoms with van der Waals surface area (Å²) in [5.74, 6) is -1.26. The molecule has 0 amide bonds. The molecule has 1 atom stereocenters. The van der Waals surface area contributed by atoms with Crippen LogP contribution in [0.1, 0.15) is 12.0 Å². The molecule has 0 saturated carbocycles. The quantitative estimate of drug-likeness (QED) is 0.459. The average molecular weight is 225 g/mol. The normalized spacial score (nSPS) is 24.8. The summed E-state index contributed by atoms with van der Waals surface area (Å²) < 4.78 is 0. The lowest BCUT2D eigenvalue weighted by Crippen LogP contribution is -2.33. The summed E-state index contributed by atoms with van der Waals surface area (Å²) in [4.78, 5) is 0. The second-order valence-electron chi connectivity index (χ2n) is 4.27. The van der Waals surface area contributed by atoms with Gasteiger partial charge in [-0.05, 0) is 19.0 Å². The second kappa shape index (κ2) is 3.84. The fourth-order valence-corrected chi connectivity index (χ4v) is 1.99. The fourth-order valence-electron chi connectivity index (χ4n) is 1.99. The molecule has 0 radical (unpaired) electrons. The Morgan fingerprint density at radius 3 is 2.56 bits per heavy atom. The zero-order valence-electron chi connectivity index (χ0n) is 8.77. The summed E-state index contributed by atoms with van der Waals surface area (Å²) >= 11 is 0. The van der Waals surface area contributed by atoms with E-state index in [0.29, 0.717) is 18.5 Å². The van der Waals surface area contributed by atoms with Gasteiger partial charge in [0.2, 0.25) is 5.75 Å². The van der Waals surface area contributed by atoms with E-state index in [4.69, 9.17) is 5.11 Å². The number of hydrogen-bond acceptors (Lipinski definition) is 5. The fraction of sp³-hybridized carbons (Fsp3) is 0.455. The number of nitrogens with one attached hydrogen (secondary N) is 1. The number of hydrogen-bond donors (Lipinski definition) is 5. The van der Waals surface area contributed by atoms with Gasteiger partial charge >= 0.3 is 0 Å². The topological polar surface area (TPSA) is 93.0 Å². The molecule has 2 rings (SSSR count). The highest BCUT2D eigenvalue weighted by molar-refractivity contribution is 5.53. The van der Waals surface area contributed by atoms with E-state index in [1.807, 2.05) is 0 Å². The van der Waals surface area contributed by atoms with Crippen LogP contribution >= 0.6 is 0 Å². The largest absolute Gasteiger partial charge is 0.504 e. The summed E-state index contributed by atoms with van der Waals surface area (Å²) in [6.07, 6.45) is 0.855. The van der Waals surface area contributed by atoms with Gasteiger partial charge in [0.05, 0.1) is 5.60 Å². The molecule has 0 aliphatic carbocycles. The number of benzene rings is 1.